The van der Waals surface area contributed by atoms with Crippen molar-refractivity contribution in [3.8, 4) is 0 Å². The minimum atomic E-state index is -0.907. The average Bonchev–Trinajstić information content (AvgIpc) is 3.43. The van der Waals surface area contributed by atoms with E-state index in [2.05, 4.69) is 37.9 Å². The van der Waals surface area contributed by atoms with Gasteiger partial charge in [-0.25, -0.2) is 4.39 Å². The lowest BCUT2D eigenvalue weighted by atomic mass is 9.66. The second kappa shape index (κ2) is 10.3. The molecule has 1 heterocycles. The van der Waals surface area contributed by atoms with Crippen LogP contribution < -0.4 is 5.32 Å². The lowest BCUT2D eigenvalue weighted by Gasteiger charge is -2.45. The molecule has 0 unspecified atom stereocenters. The van der Waals surface area contributed by atoms with Gasteiger partial charge in [-0.15, -0.1) is 0 Å². The van der Waals surface area contributed by atoms with E-state index in [-0.39, 0.29) is 0 Å². The van der Waals surface area contributed by atoms with Gasteiger partial charge in [0, 0.05) is 6.54 Å². The Bertz CT molecular complexity index is 341. The van der Waals surface area contributed by atoms with Crippen molar-refractivity contribution < 1.29 is 4.39 Å². The maximum absolute atomic E-state index is 14.6. The number of nitrogens with one attached hydrogen (secondary N) is 1. The molecule has 2 nitrogen and oxygen atoms in total. The summed E-state index contributed by atoms with van der Waals surface area (Å²) in [7, 11) is 0. The molecule has 1 N–H and O–H groups in total. The van der Waals surface area contributed by atoms with Gasteiger partial charge in [0.25, 0.3) is 0 Å². The quantitative estimate of drug-likeness (QED) is 0.583. The van der Waals surface area contributed by atoms with Gasteiger partial charge in [0.05, 0.1) is 13.3 Å². The van der Waals surface area contributed by atoms with Crippen LogP contribution in [0.5, 0.6) is 0 Å². The molecule has 25 heavy (non-hydrogen) atoms. The molecule has 1 aliphatic heterocycles. The number of hydrogen-bond acceptors (Lipinski definition) is 2. The van der Waals surface area contributed by atoms with E-state index in [1.165, 1.54) is 38.5 Å². The van der Waals surface area contributed by atoms with Crippen molar-refractivity contribution in [1.29, 1.82) is 0 Å². The van der Waals surface area contributed by atoms with Gasteiger partial charge in [-0.05, 0) is 49.4 Å². The molecule has 0 bridgehead atoms. The van der Waals surface area contributed by atoms with Gasteiger partial charge in [0.1, 0.15) is 5.67 Å². The van der Waals surface area contributed by atoms with Crippen LogP contribution in [0, 0.1) is 10.8 Å². The van der Waals surface area contributed by atoms with Crippen molar-refractivity contribution in [2.75, 3.05) is 19.9 Å². The van der Waals surface area contributed by atoms with Crippen molar-refractivity contribution in [1.82, 2.24) is 10.2 Å². The van der Waals surface area contributed by atoms with Crippen molar-refractivity contribution in [2.24, 2.45) is 10.8 Å². The highest BCUT2D eigenvalue weighted by Gasteiger charge is 2.42. The van der Waals surface area contributed by atoms with Gasteiger partial charge < -0.3 is 0 Å². The van der Waals surface area contributed by atoms with Gasteiger partial charge in [-0.1, -0.05) is 67.2 Å². The van der Waals surface area contributed by atoms with E-state index in [9.17, 15) is 4.39 Å². The molecule has 3 heteroatoms. The average molecular weight is 357 g/mol. The fourth-order valence-electron chi connectivity index (χ4n) is 4.26. The van der Waals surface area contributed by atoms with Crippen molar-refractivity contribution in [3.63, 3.8) is 0 Å². The molecule has 0 atom stereocenters. The smallest absolute Gasteiger partial charge is 0.123 e. The van der Waals surface area contributed by atoms with Crippen LogP contribution in [0.15, 0.2) is 0 Å². The number of nitrogens with zero attached hydrogens (tertiary/aromatic N) is 1. The summed E-state index contributed by atoms with van der Waals surface area (Å²) in [4.78, 5) is 2.17. The van der Waals surface area contributed by atoms with Crippen LogP contribution in [0.2, 0.25) is 0 Å². The third-order valence-electron chi connectivity index (χ3n) is 7.34. The predicted molar refractivity (Wildman–Crippen MR) is 108 cm³/mol. The first-order chi connectivity index (χ1) is 11.9. The molecule has 3 rings (SSSR count). The second-order valence-corrected chi connectivity index (χ2v) is 8.46. The summed E-state index contributed by atoms with van der Waals surface area (Å²) in [5.41, 5.74) is 0.374. The van der Waals surface area contributed by atoms with Crippen LogP contribution in [-0.4, -0.2) is 30.5 Å². The summed E-state index contributed by atoms with van der Waals surface area (Å²) in [5.74, 6) is 0. The van der Waals surface area contributed by atoms with Crippen LogP contribution in [0.1, 0.15) is 106 Å². The van der Waals surface area contributed by atoms with Gasteiger partial charge >= 0.3 is 0 Å². The highest BCUT2D eigenvalue weighted by Crippen LogP contribution is 2.51. The highest BCUT2D eigenvalue weighted by molar-refractivity contribution is 4.94. The first-order valence-corrected chi connectivity index (χ1v) is 11.1. The molecule has 150 valence electrons. The molecule has 0 aromatic heterocycles. The zero-order valence-corrected chi connectivity index (χ0v) is 18.0. The lowest BCUT2D eigenvalue weighted by Crippen LogP contribution is -2.57. The van der Waals surface area contributed by atoms with Crippen molar-refractivity contribution in [3.05, 3.63) is 0 Å². The Balaban J connectivity index is 0.000000290. The van der Waals surface area contributed by atoms with Crippen LogP contribution in [0.25, 0.3) is 0 Å². The highest BCUT2D eigenvalue weighted by atomic mass is 19.1. The fourth-order valence-corrected chi connectivity index (χ4v) is 4.26. The van der Waals surface area contributed by atoms with Crippen LogP contribution >= 0.6 is 0 Å². The SMILES string of the molecule is CC.CCC1(CC)CC1.CCC1(CC)CCC(F)(CN2CNC2)CC1. The molecule has 2 saturated carbocycles. The van der Waals surface area contributed by atoms with Gasteiger partial charge in [-0.3, -0.25) is 10.2 Å². The van der Waals surface area contributed by atoms with E-state index >= 15 is 0 Å². The van der Waals surface area contributed by atoms with E-state index in [4.69, 9.17) is 0 Å². The van der Waals surface area contributed by atoms with Gasteiger partial charge in [0.15, 0.2) is 0 Å². The van der Waals surface area contributed by atoms with E-state index < -0.39 is 5.67 Å². The normalized spacial score (nSPS) is 25.6. The third kappa shape index (κ3) is 6.50. The molecule has 3 aliphatic rings. The Kier molecular flexibility index (Phi) is 9.39. The third-order valence-corrected chi connectivity index (χ3v) is 7.34. The second-order valence-electron chi connectivity index (χ2n) is 8.46. The minimum absolute atomic E-state index is 0.447. The lowest BCUT2D eigenvalue weighted by molar-refractivity contribution is -0.0161. The Morgan fingerprint density at radius 2 is 1.08 bits per heavy atom. The summed E-state index contributed by atoms with van der Waals surface area (Å²) in [5, 5.41) is 3.17. The van der Waals surface area contributed by atoms with E-state index in [0.29, 0.717) is 12.0 Å². The number of hydrogen-bond donors (Lipinski definition) is 1. The molecular formula is C22H45FN2. The fraction of sp³-hybridized carbons (Fsp3) is 1.00. The van der Waals surface area contributed by atoms with Crippen LogP contribution in [0.3, 0.4) is 0 Å². The van der Waals surface area contributed by atoms with Crippen LogP contribution in [-0.2, 0) is 0 Å². The van der Waals surface area contributed by atoms with Crippen molar-refractivity contribution >= 4 is 0 Å². The Labute approximate surface area is 157 Å². The molecule has 0 radical (unpaired) electrons. The molecule has 3 fully saturated rings. The van der Waals surface area contributed by atoms with Crippen LogP contribution in [0.4, 0.5) is 4.39 Å². The Morgan fingerprint density at radius 1 is 0.720 bits per heavy atom. The van der Waals surface area contributed by atoms with E-state index in [0.717, 1.165) is 44.4 Å². The predicted octanol–water partition coefficient (Wildman–Crippen LogP) is 6.51. The number of halogens is 1. The molecule has 0 aromatic carbocycles. The maximum Gasteiger partial charge on any atom is 0.123 e. The van der Waals surface area contributed by atoms with E-state index in [1.54, 1.807) is 0 Å². The molecular weight excluding hydrogens is 311 g/mol. The summed E-state index contributed by atoms with van der Waals surface area (Å²) >= 11 is 0. The molecule has 1 saturated heterocycles. The summed E-state index contributed by atoms with van der Waals surface area (Å²) in [6.45, 7) is 15.5. The van der Waals surface area contributed by atoms with E-state index in [1.807, 2.05) is 13.8 Å². The molecule has 0 aromatic rings. The largest absolute Gasteiger partial charge is 0.291 e. The molecule has 0 amide bonds. The van der Waals surface area contributed by atoms with Gasteiger partial charge in [0.2, 0.25) is 0 Å². The van der Waals surface area contributed by atoms with Crippen molar-refractivity contribution in [2.45, 2.75) is 111 Å². The molecule has 0 spiro atoms. The monoisotopic (exact) mass is 356 g/mol. The maximum atomic E-state index is 14.6. The summed E-state index contributed by atoms with van der Waals surface area (Å²) in [6, 6.07) is 0. The Morgan fingerprint density at radius 3 is 1.32 bits per heavy atom. The minimum Gasteiger partial charge on any atom is -0.291 e. The standard InChI is InChI=1S/C13H25FN2.C7H14.C2H6/c1-3-12(4-2)5-7-13(14,8-6-12)9-16-10-15-11-16;1-3-7(4-2)5-6-7;1-2/h15H,3-11H2,1-2H3;3-6H2,1-2H3;1-2H3. The Hall–Kier alpha value is -0.150. The zero-order valence-electron chi connectivity index (χ0n) is 18.0. The summed E-state index contributed by atoms with van der Waals surface area (Å²) in [6.07, 6.45) is 11.9. The van der Waals surface area contributed by atoms with Gasteiger partial charge in [-0.2, -0.15) is 0 Å². The zero-order chi connectivity index (χ0) is 19.0. The summed E-state index contributed by atoms with van der Waals surface area (Å²) < 4.78 is 14.6. The first kappa shape index (κ1) is 22.9. The first-order valence-electron chi connectivity index (χ1n) is 11.1. The topological polar surface area (TPSA) is 15.3 Å². The number of alkyl halides is 1. The number of rotatable bonds is 6. The molecule has 2 aliphatic carbocycles.